The van der Waals surface area contributed by atoms with E-state index in [1.165, 1.54) is 22.3 Å². The molecule has 394 valence electrons. The SMILES string of the molecule is CC(C)(C)c1ccc(N(c2ccc(C(C)(C)C)cc2)c2cc(-c3cc(-c4ccccc4)nc(-c4ccccc4)n3)cc(N(c3ccc(C(C)(C)C)cc3)c3ccc(C(C)(C)C)cc3)c2-n2c3ccccc3c3ncccc32)cc1. The maximum absolute atomic E-state index is 5.57. The normalized spacial score (nSPS) is 12.3. The smallest absolute Gasteiger partial charge is 0.160 e. The monoisotopic (exact) mass is 1030 g/mol. The summed E-state index contributed by atoms with van der Waals surface area (Å²) in [6, 6.07) is 77.4. The molecular weight excluding hydrogens is 961 g/mol. The number of benzene rings is 8. The van der Waals surface area contributed by atoms with E-state index in [1.54, 1.807) is 0 Å². The van der Waals surface area contributed by atoms with Crippen molar-refractivity contribution in [2.45, 2.75) is 105 Å². The molecule has 11 aromatic rings. The van der Waals surface area contributed by atoms with E-state index in [0.29, 0.717) is 5.82 Å². The predicted octanol–water partition coefficient (Wildman–Crippen LogP) is 20.1. The van der Waals surface area contributed by atoms with Gasteiger partial charge in [-0.25, -0.2) is 9.97 Å². The number of fused-ring (bicyclic) bond motifs is 3. The molecule has 0 saturated heterocycles. The Hall–Kier alpha value is -8.61. The summed E-state index contributed by atoms with van der Waals surface area (Å²) >= 11 is 0. The molecule has 0 unspecified atom stereocenters. The Morgan fingerprint density at radius 1 is 0.342 bits per heavy atom. The number of hydrogen-bond donors (Lipinski definition) is 0. The van der Waals surface area contributed by atoms with Crippen LogP contribution in [0.4, 0.5) is 34.1 Å². The van der Waals surface area contributed by atoms with Crippen molar-refractivity contribution in [3.8, 4) is 39.6 Å². The zero-order chi connectivity index (χ0) is 55.4. The molecule has 6 heteroatoms. The average molecular weight is 1030 g/mol. The number of aromatic nitrogens is 4. The van der Waals surface area contributed by atoms with E-state index in [4.69, 9.17) is 15.0 Å². The van der Waals surface area contributed by atoms with Crippen LogP contribution in [-0.2, 0) is 21.7 Å². The molecule has 3 aromatic heterocycles. The second-order valence-corrected chi connectivity index (χ2v) is 25.1. The summed E-state index contributed by atoms with van der Waals surface area (Å²) in [5.41, 5.74) is 19.2. The lowest BCUT2D eigenvalue weighted by Gasteiger charge is -2.35. The van der Waals surface area contributed by atoms with Crippen LogP contribution in [0.1, 0.15) is 105 Å². The molecule has 79 heavy (non-hydrogen) atoms. The molecule has 0 amide bonds. The van der Waals surface area contributed by atoms with Crippen LogP contribution >= 0.6 is 0 Å². The highest BCUT2D eigenvalue weighted by Crippen LogP contribution is 2.51. The number of rotatable bonds is 10. The zero-order valence-electron chi connectivity index (χ0n) is 48.0. The summed E-state index contributed by atoms with van der Waals surface area (Å²) in [5.74, 6) is 0.650. The van der Waals surface area contributed by atoms with Crippen LogP contribution in [0.25, 0.3) is 61.5 Å². The maximum Gasteiger partial charge on any atom is 0.160 e. The van der Waals surface area contributed by atoms with E-state index < -0.39 is 0 Å². The van der Waals surface area contributed by atoms with Gasteiger partial charge in [0.1, 0.15) is 0 Å². The molecule has 3 heterocycles. The molecule has 6 nitrogen and oxygen atoms in total. The van der Waals surface area contributed by atoms with E-state index in [0.717, 1.165) is 89.8 Å². The second kappa shape index (κ2) is 20.3. The van der Waals surface area contributed by atoms with Gasteiger partial charge in [0.25, 0.3) is 0 Å². The van der Waals surface area contributed by atoms with Gasteiger partial charge in [-0.05, 0) is 129 Å². The highest BCUT2D eigenvalue weighted by atomic mass is 15.2. The molecule has 0 spiro atoms. The maximum atomic E-state index is 5.57. The third-order valence-corrected chi connectivity index (χ3v) is 15.3. The number of pyridine rings is 1. The van der Waals surface area contributed by atoms with Crippen LogP contribution < -0.4 is 9.80 Å². The summed E-state index contributed by atoms with van der Waals surface area (Å²) in [6.45, 7) is 27.3. The summed E-state index contributed by atoms with van der Waals surface area (Å²) in [5, 5.41) is 1.07. The van der Waals surface area contributed by atoms with Gasteiger partial charge in [-0.3, -0.25) is 4.98 Å². The van der Waals surface area contributed by atoms with Crippen molar-refractivity contribution in [1.82, 2.24) is 19.5 Å². The third kappa shape index (κ3) is 10.5. The highest BCUT2D eigenvalue weighted by molar-refractivity contribution is 6.09. The summed E-state index contributed by atoms with van der Waals surface area (Å²) in [7, 11) is 0. The lowest BCUT2D eigenvalue weighted by Crippen LogP contribution is -2.19. The van der Waals surface area contributed by atoms with Gasteiger partial charge in [0, 0.05) is 51.0 Å². The van der Waals surface area contributed by atoms with Gasteiger partial charge in [0.15, 0.2) is 5.82 Å². The molecule has 11 rings (SSSR count). The van der Waals surface area contributed by atoms with Gasteiger partial charge < -0.3 is 14.4 Å². The minimum absolute atomic E-state index is 0.0581. The van der Waals surface area contributed by atoms with Crippen LogP contribution in [0.2, 0.25) is 0 Å². The molecule has 0 atom stereocenters. The third-order valence-electron chi connectivity index (χ3n) is 15.3. The van der Waals surface area contributed by atoms with Gasteiger partial charge in [-0.2, -0.15) is 0 Å². The van der Waals surface area contributed by atoms with Gasteiger partial charge in [-0.15, -0.1) is 0 Å². The van der Waals surface area contributed by atoms with E-state index in [9.17, 15) is 0 Å². The first-order valence-electron chi connectivity index (χ1n) is 27.8. The first kappa shape index (κ1) is 52.4. The summed E-state index contributed by atoms with van der Waals surface area (Å²) in [4.78, 5) is 20.9. The quantitative estimate of drug-likeness (QED) is 0.137. The molecule has 0 fully saturated rings. The van der Waals surface area contributed by atoms with Crippen molar-refractivity contribution in [3.05, 3.63) is 241 Å². The fourth-order valence-corrected chi connectivity index (χ4v) is 10.7. The molecule has 8 aromatic carbocycles. The highest BCUT2D eigenvalue weighted by Gasteiger charge is 2.31. The van der Waals surface area contributed by atoms with Crippen LogP contribution in [0, 0.1) is 0 Å². The predicted molar refractivity (Wildman–Crippen MR) is 335 cm³/mol. The largest absolute Gasteiger partial charge is 0.308 e. The minimum atomic E-state index is -0.0581. The second-order valence-electron chi connectivity index (χ2n) is 25.1. The average Bonchev–Trinajstić information content (AvgIpc) is 3.99. The van der Waals surface area contributed by atoms with Gasteiger partial charge in [-0.1, -0.05) is 210 Å². The summed E-state index contributed by atoms with van der Waals surface area (Å²) < 4.78 is 2.46. The summed E-state index contributed by atoms with van der Waals surface area (Å²) in [6.07, 6.45) is 1.91. The van der Waals surface area contributed by atoms with Gasteiger partial charge in [0.05, 0.1) is 45.0 Å². The Kier molecular flexibility index (Phi) is 13.5. The molecule has 0 bridgehead atoms. The first-order chi connectivity index (χ1) is 37.7. The molecular formula is C73H72N6. The zero-order valence-corrected chi connectivity index (χ0v) is 48.0. The number of para-hydroxylation sites is 1. The van der Waals surface area contributed by atoms with Crippen LogP contribution in [-0.4, -0.2) is 19.5 Å². The van der Waals surface area contributed by atoms with Crippen LogP contribution in [0.15, 0.2) is 219 Å². The lowest BCUT2D eigenvalue weighted by atomic mass is 9.86. The number of hydrogen-bond acceptors (Lipinski definition) is 5. The Morgan fingerprint density at radius 2 is 0.709 bits per heavy atom. The van der Waals surface area contributed by atoms with E-state index >= 15 is 0 Å². The Bertz CT molecular complexity index is 3580. The molecule has 0 aliphatic heterocycles. The van der Waals surface area contributed by atoms with Crippen molar-refractivity contribution in [3.63, 3.8) is 0 Å². The van der Waals surface area contributed by atoms with E-state index in [-0.39, 0.29) is 21.7 Å². The molecule has 0 radical (unpaired) electrons. The van der Waals surface area contributed by atoms with E-state index in [2.05, 4.69) is 304 Å². The van der Waals surface area contributed by atoms with Crippen molar-refractivity contribution in [2.24, 2.45) is 0 Å². The first-order valence-corrected chi connectivity index (χ1v) is 27.8. The van der Waals surface area contributed by atoms with E-state index in [1.807, 2.05) is 12.3 Å². The molecule has 0 saturated carbocycles. The fourth-order valence-electron chi connectivity index (χ4n) is 10.7. The number of nitrogens with zero attached hydrogens (tertiary/aromatic N) is 6. The molecule has 0 N–H and O–H groups in total. The fraction of sp³-hybridized carbons (Fsp3) is 0.219. The van der Waals surface area contributed by atoms with Gasteiger partial charge in [0.2, 0.25) is 0 Å². The topological polar surface area (TPSA) is 50.1 Å². The Labute approximate surface area is 468 Å². The van der Waals surface area contributed by atoms with Crippen LogP contribution in [0.3, 0.4) is 0 Å². The standard InChI is InChI=1S/C73H72N6/c1-70(2,3)52-29-37-56(38-30-52)77(57-39-31-53(32-40-57)71(4,5)6)65-46-51(62-48-61(49-22-15-13-16-23-49)75-69(76-62)50-24-17-14-18-25-50)47-66(68(65)79-63-27-20-19-26-60(63)67-64(79)28-21-45-74-67)78(58-41-33-54(34-42-58)72(7,8)9)59-43-35-55(36-44-59)73(10,11)12/h13-48H,1-12H3. The Balaban J connectivity index is 1.35. The lowest BCUT2D eigenvalue weighted by molar-refractivity contribution is 0.590. The minimum Gasteiger partial charge on any atom is -0.308 e. The molecule has 0 aliphatic carbocycles. The van der Waals surface area contributed by atoms with Crippen LogP contribution in [0.5, 0.6) is 0 Å². The number of anilines is 6. The van der Waals surface area contributed by atoms with Crippen molar-refractivity contribution >= 4 is 56.1 Å². The van der Waals surface area contributed by atoms with Crippen molar-refractivity contribution in [2.75, 3.05) is 9.80 Å². The van der Waals surface area contributed by atoms with Crippen molar-refractivity contribution in [1.29, 1.82) is 0 Å². The Morgan fingerprint density at radius 3 is 1.13 bits per heavy atom. The molecule has 0 aliphatic rings. The van der Waals surface area contributed by atoms with Crippen molar-refractivity contribution < 1.29 is 0 Å². The van der Waals surface area contributed by atoms with Gasteiger partial charge >= 0.3 is 0 Å².